The Hall–Kier alpha value is -1.17. The topological polar surface area (TPSA) is 63.2 Å². The van der Waals surface area contributed by atoms with Crippen LogP contribution in [0.3, 0.4) is 0 Å². The summed E-state index contributed by atoms with van der Waals surface area (Å²) in [6.45, 7) is 2.07. The third-order valence-corrected chi connectivity index (χ3v) is 2.65. The van der Waals surface area contributed by atoms with Crippen LogP contribution in [0.1, 0.15) is 6.42 Å². The average Bonchev–Trinajstić information content (AvgIpc) is 2.30. The lowest BCUT2D eigenvalue weighted by atomic mass is 10.2. The molecule has 1 atom stereocenters. The standard InChI is InChI=1S/C11H14ClN3O2/c12-10-5-8(1-2-14-10)15-11(16)6-9-7-17-4-3-13-9/h1-2,5,9,13H,3-4,6-7H2,(H,14,15,16). The van der Waals surface area contributed by atoms with Crippen LogP contribution in [0.4, 0.5) is 5.69 Å². The summed E-state index contributed by atoms with van der Waals surface area (Å²) in [5.74, 6) is -0.0599. The number of halogens is 1. The summed E-state index contributed by atoms with van der Waals surface area (Å²) in [7, 11) is 0. The van der Waals surface area contributed by atoms with Crippen molar-refractivity contribution in [1.82, 2.24) is 10.3 Å². The van der Waals surface area contributed by atoms with E-state index in [1.165, 1.54) is 0 Å². The van der Waals surface area contributed by atoms with E-state index in [-0.39, 0.29) is 11.9 Å². The number of aromatic nitrogens is 1. The molecule has 1 aliphatic heterocycles. The molecule has 5 nitrogen and oxygen atoms in total. The normalized spacial score (nSPS) is 19.9. The number of carbonyl (C=O) groups excluding carboxylic acids is 1. The van der Waals surface area contributed by atoms with Crippen LogP contribution in [0.5, 0.6) is 0 Å². The maximum absolute atomic E-state index is 11.7. The van der Waals surface area contributed by atoms with Gasteiger partial charge in [0.25, 0.3) is 0 Å². The van der Waals surface area contributed by atoms with E-state index in [0.29, 0.717) is 30.5 Å². The second-order valence-electron chi connectivity index (χ2n) is 3.85. The third-order valence-electron chi connectivity index (χ3n) is 2.44. The van der Waals surface area contributed by atoms with Crippen molar-refractivity contribution in [2.75, 3.05) is 25.1 Å². The van der Waals surface area contributed by atoms with Gasteiger partial charge in [-0.1, -0.05) is 11.6 Å². The van der Waals surface area contributed by atoms with Crippen LogP contribution in [0.25, 0.3) is 0 Å². The van der Waals surface area contributed by atoms with Gasteiger partial charge in [0.15, 0.2) is 0 Å². The van der Waals surface area contributed by atoms with E-state index in [1.807, 2.05) is 0 Å². The number of amides is 1. The molecule has 1 aromatic heterocycles. The van der Waals surface area contributed by atoms with Gasteiger partial charge in [-0.05, 0) is 12.1 Å². The fraction of sp³-hybridized carbons (Fsp3) is 0.455. The van der Waals surface area contributed by atoms with Gasteiger partial charge < -0.3 is 15.4 Å². The van der Waals surface area contributed by atoms with Crippen LogP contribution in [0.2, 0.25) is 5.15 Å². The molecule has 0 radical (unpaired) electrons. The molecule has 1 fully saturated rings. The first-order valence-corrected chi connectivity index (χ1v) is 5.84. The van der Waals surface area contributed by atoms with E-state index in [9.17, 15) is 4.79 Å². The van der Waals surface area contributed by atoms with Gasteiger partial charge in [-0.3, -0.25) is 4.79 Å². The Labute approximate surface area is 105 Å². The summed E-state index contributed by atoms with van der Waals surface area (Å²) in [6.07, 6.45) is 1.94. The zero-order chi connectivity index (χ0) is 12.1. The predicted molar refractivity (Wildman–Crippen MR) is 65.1 cm³/mol. The lowest BCUT2D eigenvalue weighted by Crippen LogP contribution is -2.43. The van der Waals surface area contributed by atoms with Gasteiger partial charge in [0, 0.05) is 30.9 Å². The van der Waals surface area contributed by atoms with Crippen molar-refractivity contribution in [3.63, 3.8) is 0 Å². The van der Waals surface area contributed by atoms with Crippen LogP contribution in [-0.4, -0.2) is 36.7 Å². The van der Waals surface area contributed by atoms with Crippen molar-refractivity contribution in [2.45, 2.75) is 12.5 Å². The molecule has 0 aliphatic carbocycles. The van der Waals surface area contributed by atoms with Crippen molar-refractivity contribution in [3.8, 4) is 0 Å². The number of hydrogen-bond acceptors (Lipinski definition) is 4. The summed E-state index contributed by atoms with van der Waals surface area (Å²) in [5, 5.41) is 6.36. The third kappa shape index (κ3) is 3.96. The molecule has 2 rings (SSSR count). The molecule has 0 bridgehead atoms. The summed E-state index contributed by atoms with van der Waals surface area (Å²) >= 11 is 5.73. The monoisotopic (exact) mass is 255 g/mol. The maximum atomic E-state index is 11.7. The van der Waals surface area contributed by atoms with Crippen LogP contribution in [0.15, 0.2) is 18.3 Å². The SMILES string of the molecule is O=C(CC1COCCN1)Nc1ccnc(Cl)c1. The Balaban J connectivity index is 1.84. The van der Waals surface area contributed by atoms with Gasteiger partial charge in [0.05, 0.1) is 13.2 Å². The highest BCUT2D eigenvalue weighted by molar-refractivity contribution is 6.29. The largest absolute Gasteiger partial charge is 0.378 e. The van der Waals surface area contributed by atoms with E-state index in [1.54, 1.807) is 18.3 Å². The minimum absolute atomic E-state index is 0.0599. The van der Waals surface area contributed by atoms with Crippen molar-refractivity contribution in [1.29, 1.82) is 0 Å². The Bertz CT molecular complexity index is 394. The van der Waals surface area contributed by atoms with E-state index < -0.39 is 0 Å². The highest BCUT2D eigenvalue weighted by Crippen LogP contribution is 2.12. The summed E-state index contributed by atoms with van der Waals surface area (Å²) < 4.78 is 5.28. The Morgan fingerprint density at radius 3 is 3.29 bits per heavy atom. The molecule has 1 amide bonds. The smallest absolute Gasteiger partial charge is 0.226 e. The number of nitrogens with one attached hydrogen (secondary N) is 2. The lowest BCUT2D eigenvalue weighted by Gasteiger charge is -2.23. The summed E-state index contributed by atoms with van der Waals surface area (Å²) in [5.41, 5.74) is 0.659. The number of ether oxygens (including phenoxy) is 1. The van der Waals surface area contributed by atoms with Crippen molar-refractivity contribution >= 4 is 23.2 Å². The van der Waals surface area contributed by atoms with Gasteiger partial charge >= 0.3 is 0 Å². The summed E-state index contributed by atoms with van der Waals surface area (Å²) in [4.78, 5) is 15.6. The highest BCUT2D eigenvalue weighted by Gasteiger charge is 2.16. The Kier molecular flexibility index (Phi) is 4.30. The first-order valence-electron chi connectivity index (χ1n) is 5.46. The number of morpholine rings is 1. The highest BCUT2D eigenvalue weighted by atomic mass is 35.5. The molecular weight excluding hydrogens is 242 g/mol. The van der Waals surface area contributed by atoms with Gasteiger partial charge in [0.2, 0.25) is 5.91 Å². The average molecular weight is 256 g/mol. The first-order chi connectivity index (χ1) is 8.24. The lowest BCUT2D eigenvalue weighted by molar-refractivity contribution is -0.117. The van der Waals surface area contributed by atoms with Gasteiger partial charge in [0.1, 0.15) is 5.15 Å². The quantitative estimate of drug-likeness (QED) is 0.793. The summed E-state index contributed by atoms with van der Waals surface area (Å²) in [6, 6.07) is 3.40. The van der Waals surface area contributed by atoms with Gasteiger partial charge in [-0.15, -0.1) is 0 Å². The van der Waals surface area contributed by atoms with Crippen molar-refractivity contribution in [3.05, 3.63) is 23.5 Å². The molecule has 2 N–H and O–H groups in total. The fourth-order valence-electron chi connectivity index (χ4n) is 1.67. The molecule has 2 heterocycles. The molecule has 92 valence electrons. The number of nitrogens with zero attached hydrogens (tertiary/aromatic N) is 1. The molecule has 1 unspecified atom stereocenters. The number of rotatable bonds is 3. The second kappa shape index (κ2) is 5.95. The van der Waals surface area contributed by atoms with E-state index in [0.717, 1.165) is 6.54 Å². The molecule has 1 aromatic rings. The molecule has 6 heteroatoms. The molecule has 1 aliphatic rings. The van der Waals surface area contributed by atoms with Crippen LogP contribution in [0, 0.1) is 0 Å². The zero-order valence-corrected chi connectivity index (χ0v) is 10.0. The van der Waals surface area contributed by atoms with Crippen LogP contribution >= 0.6 is 11.6 Å². The zero-order valence-electron chi connectivity index (χ0n) is 9.28. The first kappa shape index (κ1) is 12.3. The fourth-order valence-corrected chi connectivity index (χ4v) is 1.84. The molecule has 0 aromatic carbocycles. The van der Waals surface area contributed by atoms with Gasteiger partial charge in [-0.25, -0.2) is 4.98 Å². The number of carbonyl (C=O) groups is 1. The molecule has 1 saturated heterocycles. The van der Waals surface area contributed by atoms with E-state index in [4.69, 9.17) is 16.3 Å². The van der Waals surface area contributed by atoms with Crippen molar-refractivity contribution in [2.24, 2.45) is 0 Å². The van der Waals surface area contributed by atoms with Crippen LogP contribution in [-0.2, 0) is 9.53 Å². The predicted octanol–water partition coefficient (Wildman–Crippen LogP) is 1.05. The number of hydrogen-bond donors (Lipinski definition) is 2. The molecule has 0 saturated carbocycles. The Morgan fingerprint density at radius 2 is 2.59 bits per heavy atom. The second-order valence-corrected chi connectivity index (χ2v) is 4.23. The van der Waals surface area contributed by atoms with Gasteiger partial charge in [-0.2, -0.15) is 0 Å². The van der Waals surface area contributed by atoms with Crippen LogP contribution < -0.4 is 10.6 Å². The molecule has 0 spiro atoms. The minimum Gasteiger partial charge on any atom is -0.378 e. The number of pyridine rings is 1. The van der Waals surface area contributed by atoms with E-state index >= 15 is 0 Å². The Morgan fingerprint density at radius 1 is 1.71 bits per heavy atom. The molecule has 17 heavy (non-hydrogen) atoms. The van der Waals surface area contributed by atoms with Crippen molar-refractivity contribution < 1.29 is 9.53 Å². The van der Waals surface area contributed by atoms with E-state index in [2.05, 4.69) is 15.6 Å². The number of anilines is 1. The maximum Gasteiger partial charge on any atom is 0.226 e. The molecular formula is C11H14ClN3O2. The minimum atomic E-state index is -0.0599.